The van der Waals surface area contributed by atoms with Crippen molar-refractivity contribution in [2.75, 3.05) is 24.9 Å². The maximum Gasteiger partial charge on any atom is 0.573 e. The van der Waals surface area contributed by atoms with Crippen LogP contribution < -0.4 is 24.8 Å². The van der Waals surface area contributed by atoms with Crippen LogP contribution in [0.4, 0.5) is 30.6 Å². The Morgan fingerprint density at radius 3 is 2.24 bits per heavy atom. The fraction of sp³-hybridized carbons (Fsp3) is 0.304. The van der Waals surface area contributed by atoms with E-state index in [0.29, 0.717) is 40.2 Å². The summed E-state index contributed by atoms with van der Waals surface area (Å²) in [7, 11) is 3.09. The number of alkyl halides is 3. The van der Waals surface area contributed by atoms with Gasteiger partial charge in [-0.25, -0.2) is 4.98 Å². The van der Waals surface area contributed by atoms with E-state index in [0.717, 1.165) is 0 Å². The third-order valence-corrected chi connectivity index (χ3v) is 4.25. The van der Waals surface area contributed by atoms with Crippen LogP contribution in [-0.2, 0) is 0 Å². The first-order valence-electron chi connectivity index (χ1n) is 9.98. The van der Waals surface area contributed by atoms with E-state index in [1.54, 1.807) is 37.4 Å². The predicted octanol–water partition coefficient (Wildman–Crippen LogP) is 6.01. The molecule has 0 saturated carbocycles. The Morgan fingerprint density at radius 1 is 0.848 bits per heavy atom. The van der Waals surface area contributed by atoms with Crippen molar-refractivity contribution in [3.05, 3.63) is 48.5 Å². The summed E-state index contributed by atoms with van der Waals surface area (Å²) in [6, 6.07) is 12.5. The van der Waals surface area contributed by atoms with Crippen LogP contribution in [0.5, 0.6) is 17.2 Å². The summed E-state index contributed by atoms with van der Waals surface area (Å²) < 4.78 is 52.7. The number of halogens is 3. The third-order valence-electron chi connectivity index (χ3n) is 4.25. The first kappa shape index (κ1) is 24.0. The summed E-state index contributed by atoms with van der Waals surface area (Å²) in [5.41, 5.74) is 1.11. The second-order valence-corrected chi connectivity index (χ2v) is 8.10. The van der Waals surface area contributed by atoms with Gasteiger partial charge in [-0.15, -0.1) is 13.2 Å². The van der Waals surface area contributed by atoms with Crippen LogP contribution in [0.25, 0.3) is 11.3 Å². The lowest BCUT2D eigenvalue weighted by Gasteiger charge is -2.21. The Morgan fingerprint density at radius 2 is 1.61 bits per heavy atom. The average molecular weight is 462 g/mol. The normalized spacial score (nSPS) is 11.6. The topological polar surface area (TPSA) is 77.5 Å². The first-order chi connectivity index (χ1) is 15.5. The highest BCUT2D eigenvalue weighted by molar-refractivity contribution is 5.71. The zero-order valence-electron chi connectivity index (χ0n) is 18.9. The van der Waals surface area contributed by atoms with E-state index in [2.05, 4.69) is 25.3 Å². The van der Waals surface area contributed by atoms with Crippen molar-refractivity contribution in [1.29, 1.82) is 0 Å². The van der Waals surface area contributed by atoms with Crippen LogP contribution in [0.3, 0.4) is 0 Å². The molecule has 0 aliphatic carbocycles. The summed E-state index contributed by atoms with van der Waals surface area (Å²) in [6.07, 6.45) is -4.79. The molecule has 0 unspecified atom stereocenters. The van der Waals surface area contributed by atoms with Crippen molar-refractivity contribution >= 4 is 17.5 Å². The number of rotatable bonds is 7. The van der Waals surface area contributed by atoms with Crippen molar-refractivity contribution in [3.8, 4) is 28.5 Å². The molecule has 1 aromatic heterocycles. The molecule has 0 amide bonds. The van der Waals surface area contributed by atoms with Gasteiger partial charge in [-0.1, -0.05) is 12.1 Å². The minimum atomic E-state index is -4.79. The Hall–Kier alpha value is -3.69. The molecule has 10 heteroatoms. The maximum atomic E-state index is 12.7. The van der Waals surface area contributed by atoms with Crippen LogP contribution in [-0.4, -0.2) is 36.1 Å². The van der Waals surface area contributed by atoms with Gasteiger partial charge in [0.25, 0.3) is 0 Å². The van der Waals surface area contributed by atoms with Gasteiger partial charge >= 0.3 is 6.36 Å². The molecule has 7 nitrogen and oxygen atoms in total. The van der Waals surface area contributed by atoms with Gasteiger partial charge in [0.05, 0.1) is 25.6 Å². The number of nitrogens with zero attached hydrogens (tertiary/aromatic N) is 2. The molecule has 0 aliphatic heterocycles. The van der Waals surface area contributed by atoms with Gasteiger partial charge < -0.3 is 24.8 Å². The lowest BCUT2D eigenvalue weighted by atomic mass is 10.1. The summed E-state index contributed by atoms with van der Waals surface area (Å²) >= 11 is 0. The van der Waals surface area contributed by atoms with Crippen LogP contribution in [0.1, 0.15) is 20.8 Å². The lowest BCUT2D eigenvalue weighted by Crippen LogP contribution is -2.27. The van der Waals surface area contributed by atoms with Crippen LogP contribution >= 0.6 is 0 Å². The van der Waals surface area contributed by atoms with Crippen LogP contribution in [0, 0.1) is 0 Å². The molecule has 0 bridgehead atoms. The second-order valence-electron chi connectivity index (χ2n) is 8.10. The number of aromatic nitrogens is 2. The standard InChI is InChI=1S/C23H25F3N4O3/c1-22(2,3)30-21-28-18(14-7-6-8-16(11-14)33-23(24,25)26)13-20(29-21)27-17-10-9-15(31-4)12-19(17)32-5/h6-13H,1-5H3,(H2,27,28,29,30). The van der Waals surface area contributed by atoms with E-state index in [9.17, 15) is 13.2 Å². The Bertz CT molecular complexity index is 1110. The minimum Gasteiger partial charge on any atom is -0.497 e. The SMILES string of the molecule is COc1ccc(Nc2cc(-c3cccc(OC(F)(F)F)c3)nc(NC(C)(C)C)n2)c(OC)c1. The third kappa shape index (κ3) is 6.90. The molecular formula is C23H25F3N4O3. The van der Waals surface area contributed by atoms with Crippen molar-refractivity contribution in [2.45, 2.75) is 32.7 Å². The Kier molecular flexibility index (Phi) is 6.85. The van der Waals surface area contributed by atoms with Crippen molar-refractivity contribution in [3.63, 3.8) is 0 Å². The lowest BCUT2D eigenvalue weighted by molar-refractivity contribution is -0.274. The number of nitrogens with one attached hydrogen (secondary N) is 2. The minimum absolute atomic E-state index is 0.303. The summed E-state index contributed by atoms with van der Waals surface area (Å²) in [4.78, 5) is 9.00. The molecule has 0 spiro atoms. The molecule has 2 N–H and O–H groups in total. The summed E-state index contributed by atoms with van der Waals surface area (Å²) in [5.74, 6) is 1.53. The van der Waals surface area contributed by atoms with E-state index in [1.165, 1.54) is 25.3 Å². The fourth-order valence-electron chi connectivity index (χ4n) is 2.94. The Balaban J connectivity index is 2.03. The van der Waals surface area contributed by atoms with Gasteiger partial charge in [-0.3, -0.25) is 0 Å². The number of methoxy groups -OCH3 is 2. The monoisotopic (exact) mass is 462 g/mol. The quantitative estimate of drug-likeness (QED) is 0.445. The largest absolute Gasteiger partial charge is 0.573 e. The van der Waals surface area contributed by atoms with Gasteiger partial charge in [-0.05, 0) is 45.0 Å². The number of anilines is 3. The van der Waals surface area contributed by atoms with E-state index < -0.39 is 6.36 Å². The molecule has 2 aromatic carbocycles. The number of benzene rings is 2. The van der Waals surface area contributed by atoms with E-state index >= 15 is 0 Å². The number of ether oxygens (including phenoxy) is 3. The molecule has 0 atom stereocenters. The zero-order valence-corrected chi connectivity index (χ0v) is 18.9. The van der Waals surface area contributed by atoms with E-state index in [-0.39, 0.29) is 11.3 Å². The van der Waals surface area contributed by atoms with Crippen molar-refractivity contribution < 1.29 is 27.4 Å². The van der Waals surface area contributed by atoms with Gasteiger partial charge in [0.1, 0.15) is 23.1 Å². The number of hydrogen-bond acceptors (Lipinski definition) is 7. The molecule has 3 rings (SSSR count). The highest BCUT2D eigenvalue weighted by Gasteiger charge is 2.31. The van der Waals surface area contributed by atoms with E-state index in [1.807, 2.05) is 20.8 Å². The highest BCUT2D eigenvalue weighted by Crippen LogP contribution is 2.33. The molecule has 0 fully saturated rings. The van der Waals surface area contributed by atoms with Gasteiger partial charge in [0.15, 0.2) is 0 Å². The Labute approximate surface area is 189 Å². The second kappa shape index (κ2) is 9.43. The molecule has 1 heterocycles. The zero-order chi connectivity index (χ0) is 24.2. The van der Waals surface area contributed by atoms with Gasteiger partial charge in [0, 0.05) is 23.2 Å². The predicted molar refractivity (Wildman–Crippen MR) is 120 cm³/mol. The van der Waals surface area contributed by atoms with Crippen molar-refractivity contribution in [1.82, 2.24) is 9.97 Å². The summed E-state index contributed by atoms with van der Waals surface area (Å²) in [6.45, 7) is 5.83. The van der Waals surface area contributed by atoms with Crippen LogP contribution in [0.2, 0.25) is 0 Å². The molecular weight excluding hydrogens is 437 g/mol. The average Bonchev–Trinajstić information content (AvgIpc) is 2.71. The fourth-order valence-corrected chi connectivity index (χ4v) is 2.94. The molecule has 0 radical (unpaired) electrons. The van der Waals surface area contributed by atoms with E-state index in [4.69, 9.17) is 9.47 Å². The van der Waals surface area contributed by atoms with Gasteiger partial charge in [-0.2, -0.15) is 4.98 Å². The smallest absolute Gasteiger partial charge is 0.497 e. The molecule has 0 aliphatic rings. The molecule has 3 aromatic rings. The molecule has 0 saturated heterocycles. The highest BCUT2D eigenvalue weighted by atomic mass is 19.4. The van der Waals surface area contributed by atoms with Crippen LogP contribution in [0.15, 0.2) is 48.5 Å². The molecule has 176 valence electrons. The molecule has 33 heavy (non-hydrogen) atoms. The first-order valence-corrected chi connectivity index (χ1v) is 9.98. The number of hydrogen-bond donors (Lipinski definition) is 2. The van der Waals surface area contributed by atoms with Gasteiger partial charge in [0.2, 0.25) is 5.95 Å². The maximum absolute atomic E-state index is 12.7. The van der Waals surface area contributed by atoms with Crippen molar-refractivity contribution in [2.24, 2.45) is 0 Å². The summed E-state index contributed by atoms with van der Waals surface area (Å²) in [5, 5.41) is 6.37.